The van der Waals surface area contributed by atoms with Gasteiger partial charge in [0.2, 0.25) is 0 Å². The van der Waals surface area contributed by atoms with Crippen molar-refractivity contribution in [1.82, 2.24) is 15.3 Å². The third-order valence-electron chi connectivity index (χ3n) is 3.88. The molecule has 2 N–H and O–H groups in total. The monoisotopic (exact) mass is 373 g/mol. The van der Waals surface area contributed by atoms with Gasteiger partial charge < -0.3 is 19.8 Å². The van der Waals surface area contributed by atoms with Crippen LogP contribution in [0.15, 0.2) is 36.4 Å². The standard InChI is InChI=1S/C20H24ClN3O2/c1-3-9-26-20-15(21)10-14(11-18(20)25-4-2)12-22-13-19-23-16-7-5-6-8-17(16)24-19/h5-8,10-11,22H,3-4,9,12-13H2,1-2H3,(H,23,24). The highest BCUT2D eigenvalue weighted by atomic mass is 35.5. The first-order valence-electron chi connectivity index (χ1n) is 8.93. The molecule has 138 valence electrons. The molecule has 2 aromatic carbocycles. The third kappa shape index (κ3) is 4.48. The third-order valence-corrected chi connectivity index (χ3v) is 4.16. The van der Waals surface area contributed by atoms with Crippen molar-refractivity contribution in [2.45, 2.75) is 33.4 Å². The van der Waals surface area contributed by atoms with Gasteiger partial charge in [0.05, 0.1) is 35.8 Å². The van der Waals surface area contributed by atoms with E-state index in [1.807, 2.05) is 43.3 Å². The summed E-state index contributed by atoms with van der Waals surface area (Å²) in [5.74, 6) is 2.22. The Kier molecular flexibility index (Phi) is 6.36. The fourth-order valence-electron chi connectivity index (χ4n) is 2.75. The maximum Gasteiger partial charge on any atom is 0.179 e. The van der Waals surface area contributed by atoms with Crippen molar-refractivity contribution >= 4 is 22.6 Å². The molecule has 0 spiro atoms. The van der Waals surface area contributed by atoms with Gasteiger partial charge in [0.15, 0.2) is 11.5 Å². The van der Waals surface area contributed by atoms with Crippen molar-refractivity contribution in [2.75, 3.05) is 13.2 Å². The number of aromatic amines is 1. The van der Waals surface area contributed by atoms with E-state index >= 15 is 0 Å². The zero-order valence-electron chi connectivity index (χ0n) is 15.1. The molecule has 0 aliphatic heterocycles. The minimum atomic E-state index is 0.564. The highest BCUT2D eigenvalue weighted by Gasteiger charge is 2.12. The first kappa shape index (κ1) is 18.5. The Balaban J connectivity index is 1.66. The molecule has 0 fully saturated rings. The highest BCUT2D eigenvalue weighted by molar-refractivity contribution is 6.32. The van der Waals surface area contributed by atoms with Gasteiger partial charge in [0.25, 0.3) is 0 Å². The zero-order chi connectivity index (χ0) is 18.4. The second kappa shape index (κ2) is 8.92. The van der Waals surface area contributed by atoms with E-state index in [2.05, 4.69) is 22.2 Å². The van der Waals surface area contributed by atoms with Gasteiger partial charge in [-0.15, -0.1) is 0 Å². The van der Waals surface area contributed by atoms with Crippen molar-refractivity contribution in [3.63, 3.8) is 0 Å². The van der Waals surface area contributed by atoms with Crippen LogP contribution in [0, 0.1) is 0 Å². The van der Waals surface area contributed by atoms with Crippen molar-refractivity contribution in [3.05, 3.63) is 52.8 Å². The van der Waals surface area contributed by atoms with Crippen LogP contribution < -0.4 is 14.8 Å². The molecule has 3 rings (SSSR count). The molecular formula is C20H24ClN3O2. The fourth-order valence-corrected chi connectivity index (χ4v) is 3.03. The Morgan fingerprint density at radius 2 is 1.96 bits per heavy atom. The lowest BCUT2D eigenvalue weighted by molar-refractivity contribution is 0.277. The van der Waals surface area contributed by atoms with E-state index in [0.29, 0.717) is 42.8 Å². The number of para-hydroxylation sites is 2. The second-order valence-electron chi connectivity index (χ2n) is 5.99. The summed E-state index contributed by atoms with van der Waals surface area (Å²) < 4.78 is 11.4. The zero-order valence-corrected chi connectivity index (χ0v) is 15.9. The number of fused-ring (bicyclic) bond motifs is 1. The molecule has 0 amide bonds. The maximum absolute atomic E-state index is 6.40. The molecule has 0 bridgehead atoms. The molecule has 0 atom stereocenters. The Morgan fingerprint density at radius 3 is 2.73 bits per heavy atom. The highest BCUT2D eigenvalue weighted by Crippen LogP contribution is 2.36. The number of aromatic nitrogens is 2. The van der Waals surface area contributed by atoms with Crippen LogP contribution in [0.25, 0.3) is 11.0 Å². The topological polar surface area (TPSA) is 59.2 Å². The van der Waals surface area contributed by atoms with E-state index in [9.17, 15) is 0 Å². The average molecular weight is 374 g/mol. The van der Waals surface area contributed by atoms with Crippen LogP contribution in [0.4, 0.5) is 0 Å². The Morgan fingerprint density at radius 1 is 1.12 bits per heavy atom. The van der Waals surface area contributed by atoms with Crippen LogP contribution in [0.2, 0.25) is 5.02 Å². The molecule has 26 heavy (non-hydrogen) atoms. The lowest BCUT2D eigenvalue weighted by atomic mass is 10.2. The Bertz CT molecular complexity index is 830. The number of nitrogens with one attached hydrogen (secondary N) is 2. The minimum Gasteiger partial charge on any atom is -0.490 e. The number of halogens is 1. The Hall–Kier alpha value is -2.24. The SMILES string of the molecule is CCCOc1c(Cl)cc(CNCc2nc3ccccc3[nH]2)cc1OCC. The van der Waals surface area contributed by atoms with E-state index in [1.54, 1.807) is 0 Å². The summed E-state index contributed by atoms with van der Waals surface area (Å²) in [5, 5.41) is 3.96. The van der Waals surface area contributed by atoms with E-state index in [1.165, 1.54) is 0 Å². The van der Waals surface area contributed by atoms with E-state index < -0.39 is 0 Å². The van der Waals surface area contributed by atoms with Gasteiger partial charge in [-0.2, -0.15) is 0 Å². The van der Waals surface area contributed by atoms with Crippen LogP contribution in [0.5, 0.6) is 11.5 Å². The fraction of sp³-hybridized carbons (Fsp3) is 0.350. The van der Waals surface area contributed by atoms with Crippen LogP contribution in [-0.4, -0.2) is 23.2 Å². The molecule has 1 aromatic heterocycles. The molecule has 0 aliphatic rings. The van der Waals surface area contributed by atoms with Crippen LogP contribution in [0.3, 0.4) is 0 Å². The number of imidazole rings is 1. The molecule has 0 saturated heterocycles. The van der Waals surface area contributed by atoms with Crippen LogP contribution >= 0.6 is 11.6 Å². The molecular weight excluding hydrogens is 350 g/mol. The molecule has 0 unspecified atom stereocenters. The molecule has 1 heterocycles. The molecule has 0 saturated carbocycles. The summed E-state index contributed by atoms with van der Waals surface area (Å²) >= 11 is 6.40. The van der Waals surface area contributed by atoms with Crippen molar-refractivity contribution in [1.29, 1.82) is 0 Å². The largest absolute Gasteiger partial charge is 0.490 e. The summed E-state index contributed by atoms with van der Waals surface area (Å²) in [7, 11) is 0. The first-order chi connectivity index (χ1) is 12.7. The van der Waals surface area contributed by atoms with Gasteiger partial charge in [-0.25, -0.2) is 4.98 Å². The van der Waals surface area contributed by atoms with Crippen molar-refractivity contribution in [2.24, 2.45) is 0 Å². The summed E-state index contributed by atoms with van der Waals surface area (Å²) in [6.07, 6.45) is 0.919. The van der Waals surface area contributed by atoms with Gasteiger partial charge in [-0.05, 0) is 43.2 Å². The quantitative estimate of drug-likeness (QED) is 0.571. The summed E-state index contributed by atoms with van der Waals surface area (Å²) in [4.78, 5) is 7.88. The minimum absolute atomic E-state index is 0.564. The van der Waals surface area contributed by atoms with Gasteiger partial charge >= 0.3 is 0 Å². The molecule has 6 heteroatoms. The van der Waals surface area contributed by atoms with Crippen molar-refractivity contribution < 1.29 is 9.47 Å². The summed E-state index contributed by atoms with van der Waals surface area (Å²) in [5.41, 5.74) is 3.06. The number of hydrogen-bond donors (Lipinski definition) is 2. The number of H-pyrrole nitrogens is 1. The van der Waals surface area contributed by atoms with E-state index in [-0.39, 0.29) is 0 Å². The van der Waals surface area contributed by atoms with Gasteiger partial charge in [-0.3, -0.25) is 0 Å². The second-order valence-corrected chi connectivity index (χ2v) is 6.40. The van der Waals surface area contributed by atoms with Gasteiger partial charge in [0.1, 0.15) is 5.82 Å². The average Bonchev–Trinajstić information content (AvgIpc) is 3.04. The predicted octanol–water partition coefficient (Wildman–Crippen LogP) is 4.69. The summed E-state index contributed by atoms with van der Waals surface area (Å²) in [6.45, 7) is 6.49. The normalized spacial score (nSPS) is 11.0. The van der Waals surface area contributed by atoms with Gasteiger partial charge in [-0.1, -0.05) is 30.7 Å². The molecule has 3 aromatic rings. The van der Waals surface area contributed by atoms with Crippen LogP contribution in [0.1, 0.15) is 31.7 Å². The van der Waals surface area contributed by atoms with Crippen LogP contribution in [-0.2, 0) is 13.1 Å². The molecule has 0 radical (unpaired) electrons. The lowest BCUT2D eigenvalue weighted by Gasteiger charge is -2.15. The maximum atomic E-state index is 6.40. The molecule has 5 nitrogen and oxygen atoms in total. The smallest absolute Gasteiger partial charge is 0.179 e. The molecule has 0 aliphatic carbocycles. The van der Waals surface area contributed by atoms with E-state index in [0.717, 1.165) is 28.8 Å². The number of ether oxygens (including phenoxy) is 2. The number of hydrogen-bond acceptors (Lipinski definition) is 4. The van der Waals surface area contributed by atoms with Crippen molar-refractivity contribution in [3.8, 4) is 11.5 Å². The Labute approximate surface area is 158 Å². The number of rotatable bonds is 9. The lowest BCUT2D eigenvalue weighted by Crippen LogP contribution is -2.14. The first-order valence-corrected chi connectivity index (χ1v) is 9.31. The number of benzene rings is 2. The number of nitrogens with zero attached hydrogens (tertiary/aromatic N) is 1. The predicted molar refractivity (Wildman–Crippen MR) is 105 cm³/mol. The van der Waals surface area contributed by atoms with E-state index in [4.69, 9.17) is 21.1 Å². The van der Waals surface area contributed by atoms with Gasteiger partial charge in [0, 0.05) is 6.54 Å². The summed E-state index contributed by atoms with van der Waals surface area (Å²) in [6, 6.07) is 11.9.